The number of hydrogen-bond acceptors (Lipinski definition) is 3. The zero-order chi connectivity index (χ0) is 12.7. The molecular weight excluding hydrogens is 228 g/mol. The maximum Gasteiger partial charge on any atom is 0.254 e. The molecule has 0 saturated heterocycles. The van der Waals surface area contributed by atoms with Gasteiger partial charge in [0.05, 0.1) is 12.2 Å². The molecule has 5 nitrogen and oxygen atoms in total. The highest BCUT2D eigenvalue weighted by Crippen LogP contribution is 2.25. The van der Waals surface area contributed by atoms with Crippen molar-refractivity contribution in [3.63, 3.8) is 0 Å². The zero-order valence-electron chi connectivity index (χ0n) is 10.1. The van der Waals surface area contributed by atoms with Crippen molar-refractivity contribution in [1.29, 1.82) is 0 Å². The van der Waals surface area contributed by atoms with Crippen molar-refractivity contribution >= 4 is 11.6 Å². The van der Waals surface area contributed by atoms with E-state index in [4.69, 9.17) is 5.73 Å². The van der Waals surface area contributed by atoms with E-state index in [2.05, 4.69) is 5.10 Å². The number of hydrogen-bond donors (Lipinski definition) is 1. The van der Waals surface area contributed by atoms with Gasteiger partial charge in [0, 0.05) is 31.0 Å². The molecule has 0 fully saturated rings. The molecule has 1 aliphatic heterocycles. The minimum atomic E-state index is 0.0305. The summed E-state index contributed by atoms with van der Waals surface area (Å²) in [5, 5.41) is 4.29. The van der Waals surface area contributed by atoms with Crippen LogP contribution in [0.4, 0.5) is 5.69 Å². The molecule has 1 aliphatic rings. The number of rotatable bonds is 2. The van der Waals surface area contributed by atoms with Crippen LogP contribution in [0.15, 0.2) is 30.5 Å². The molecule has 0 radical (unpaired) electrons. The summed E-state index contributed by atoms with van der Waals surface area (Å²) in [6.07, 6.45) is 1.88. The Morgan fingerprint density at radius 1 is 1.39 bits per heavy atom. The van der Waals surface area contributed by atoms with Gasteiger partial charge in [-0.3, -0.25) is 9.48 Å². The van der Waals surface area contributed by atoms with Gasteiger partial charge in [0.15, 0.2) is 0 Å². The molecule has 0 aliphatic carbocycles. The van der Waals surface area contributed by atoms with Crippen molar-refractivity contribution in [1.82, 2.24) is 14.7 Å². The molecule has 2 aromatic rings. The first-order valence-corrected chi connectivity index (χ1v) is 5.80. The van der Waals surface area contributed by atoms with Gasteiger partial charge in [0.2, 0.25) is 0 Å². The van der Waals surface area contributed by atoms with Crippen molar-refractivity contribution in [3.8, 4) is 0 Å². The van der Waals surface area contributed by atoms with Crippen LogP contribution < -0.4 is 5.73 Å². The first kappa shape index (κ1) is 10.8. The van der Waals surface area contributed by atoms with Crippen molar-refractivity contribution < 1.29 is 4.79 Å². The van der Waals surface area contributed by atoms with Gasteiger partial charge < -0.3 is 10.6 Å². The monoisotopic (exact) mass is 242 g/mol. The second-order valence-electron chi connectivity index (χ2n) is 4.56. The second-order valence-corrected chi connectivity index (χ2v) is 4.56. The van der Waals surface area contributed by atoms with Gasteiger partial charge in [-0.1, -0.05) is 6.07 Å². The average molecular weight is 242 g/mol. The molecule has 0 bridgehead atoms. The first-order valence-electron chi connectivity index (χ1n) is 5.80. The Bertz CT molecular complexity index is 617. The van der Waals surface area contributed by atoms with Crippen molar-refractivity contribution in [3.05, 3.63) is 47.3 Å². The average Bonchev–Trinajstić information content (AvgIpc) is 2.86. The maximum absolute atomic E-state index is 12.2. The number of anilines is 1. The van der Waals surface area contributed by atoms with Crippen LogP contribution in [-0.2, 0) is 20.1 Å². The molecule has 3 rings (SSSR count). The van der Waals surface area contributed by atoms with Crippen molar-refractivity contribution in [2.75, 3.05) is 5.73 Å². The number of carbonyl (C=O) groups is 1. The predicted octanol–water partition coefficient (Wildman–Crippen LogP) is 1.16. The summed E-state index contributed by atoms with van der Waals surface area (Å²) in [5.74, 6) is 0.0305. The smallest absolute Gasteiger partial charge is 0.254 e. The quantitative estimate of drug-likeness (QED) is 0.804. The van der Waals surface area contributed by atoms with Crippen LogP contribution >= 0.6 is 0 Å². The van der Waals surface area contributed by atoms with Crippen LogP contribution in [0.25, 0.3) is 0 Å². The van der Waals surface area contributed by atoms with Gasteiger partial charge in [-0.25, -0.2) is 0 Å². The van der Waals surface area contributed by atoms with Crippen LogP contribution in [-0.4, -0.2) is 20.6 Å². The van der Waals surface area contributed by atoms with Gasteiger partial charge in [0.25, 0.3) is 5.91 Å². The van der Waals surface area contributed by atoms with E-state index < -0.39 is 0 Å². The number of amides is 1. The molecule has 1 aromatic carbocycles. The Hall–Kier alpha value is -2.30. The van der Waals surface area contributed by atoms with Crippen LogP contribution in [0.3, 0.4) is 0 Å². The van der Waals surface area contributed by atoms with E-state index in [0.29, 0.717) is 24.3 Å². The predicted molar refractivity (Wildman–Crippen MR) is 67.6 cm³/mol. The molecule has 0 atom stereocenters. The number of fused-ring (bicyclic) bond motifs is 1. The molecule has 1 amide bonds. The normalized spacial score (nSPS) is 14.1. The fourth-order valence-electron chi connectivity index (χ4n) is 2.25. The Morgan fingerprint density at radius 3 is 2.94 bits per heavy atom. The number of aromatic nitrogens is 2. The SMILES string of the molecule is Cn1ccc(CN2Cc3ccc(N)cc3C2=O)n1. The molecule has 0 spiro atoms. The molecule has 1 aromatic heterocycles. The van der Waals surface area contributed by atoms with Crippen molar-refractivity contribution in [2.24, 2.45) is 7.05 Å². The van der Waals surface area contributed by atoms with Crippen LogP contribution in [0.2, 0.25) is 0 Å². The summed E-state index contributed by atoms with van der Waals surface area (Å²) in [6.45, 7) is 1.17. The van der Waals surface area contributed by atoms with Gasteiger partial charge >= 0.3 is 0 Å². The third kappa shape index (κ3) is 1.73. The molecule has 18 heavy (non-hydrogen) atoms. The third-order valence-electron chi connectivity index (χ3n) is 3.13. The Morgan fingerprint density at radius 2 is 2.22 bits per heavy atom. The highest BCUT2D eigenvalue weighted by atomic mass is 16.2. The largest absolute Gasteiger partial charge is 0.399 e. The number of benzene rings is 1. The molecule has 5 heteroatoms. The van der Waals surface area contributed by atoms with Crippen LogP contribution in [0.5, 0.6) is 0 Å². The minimum absolute atomic E-state index is 0.0305. The molecule has 0 unspecified atom stereocenters. The Balaban J connectivity index is 1.84. The second kappa shape index (κ2) is 3.87. The van der Waals surface area contributed by atoms with E-state index in [0.717, 1.165) is 11.3 Å². The topological polar surface area (TPSA) is 64.2 Å². The zero-order valence-corrected chi connectivity index (χ0v) is 10.1. The number of nitrogens with two attached hydrogens (primary N) is 1. The Labute approximate surface area is 105 Å². The summed E-state index contributed by atoms with van der Waals surface area (Å²) >= 11 is 0. The fourth-order valence-corrected chi connectivity index (χ4v) is 2.25. The van der Waals surface area contributed by atoms with E-state index in [1.807, 2.05) is 31.4 Å². The number of carbonyl (C=O) groups excluding carboxylic acids is 1. The first-order chi connectivity index (χ1) is 8.63. The van der Waals surface area contributed by atoms with Crippen LogP contribution in [0.1, 0.15) is 21.6 Å². The van der Waals surface area contributed by atoms with E-state index in [9.17, 15) is 4.79 Å². The lowest BCUT2D eigenvalue weighted by Crippen LogP contribution is -2.23. The van der Waals surface area contributed by atoms with Gasteiger partial charge in [-0.2, -0.15) is 5.10 Å². The van der Waals surface area contributed by atoms with E-state index in [-0.39, 0.29) is 5.91 Å². The summed E-state index contributed by atoms with van der Waals surface area (Å²) in [7, 11) is 1.87. The van der Waals surface area contributed by atoms with Crippen LogP contribution in [0, 0.1) is 0 Å². The van der Waals surface area contributed by atoms with Crippen molar-refractivity contribution in [2.45, 2.75) is 13.1 Å². The van der Waals surface area contributed by atoms with Gasteiger partial charge in [-0.15, -0.1) is 0 Å². The summed E-state index contributed by atoms with van der Waals surface area (Å²) in [4.78, 5) is 14.0. The highest BCUT2D eigenvalue weighted by molar-refractivity contribution is 5.99. The van der Waals surface area contributed by atoms with Gasteiger partial charge in [0.1, 0.15) is 0 Å². The summed E-state index contributed by atoms with van der Waals surface area (Å²) in [6, 6.07) is 7.41. The van der Waals surface area contributed by atoms with E-state index in [1.165, 1.54) is 0 Å². The van der Waals surface area contributed by atoms with E-state index in [1.54, 1.807) is 15.6 Å². The van der Waals surface area contributed by atoms with Gasteiger partial charge in [-0.05, 0) is 23.8 Å². The standard InChI is InChI=1S/C13H14N4O/c1-16-5-4-11(15-16)8-17-7-9-2-3-10(14)6-12(9)13(17)18/h2-6H,7-8,14H2,1H3. The molecule has 2 N–H and O–H groups in total. The lowest BCUT2D eigenvalue weighted by Gasteiger charge is -2.13. The molecular formula is C13H14N4O. The maximum atomic E-state index is 12.2. The highest BCUT2D eigenvalue weighted by Gasteiger charge is 2.27. The third-order valence-corrected chi connectivity index (χ3v) is 3.13. The Kier molecular flexibility index (Phi) is 2.33. The fraction of sp³-hybridized carbons (Fsp3) is 0.231. The molecule has 92 valence electrons. The molecule has 2 heterocycles. The van der Waals surface area contributed by atoms with E-state index >= 15 is 0 Å². The number of aryl methyl sites for hydroxylation is 1. The molecule has 0 saturated carbocycles. The number of nitrogen functional groups attached to an aromatic ring is 1. The lowest BCUT2D eigenvalue weighted by atomic mass is 10.1. The minimum Gasteiger partial charge on any atom is -0.399 e. The summed E-state index contributed by atoms with van der Waals surface area (Å²) in [5.41, 5.74) is 8.98. The lowest BCUT2D eigenvalue weighted by molar-refractivity contribution is 0.0764. The summed E-state index contributed by atoms with van der Waals surface area (Å²) < 4.78 is 1.74. The number of nitrogens with zero attached hydrogens (tertiary/aromatic N) is 3.